The van der Waals surface area contributed by atoms with Gasteiger partial charge in [-0.15, -0.1) is 24.8 Å². The average Bonchev–Trinajstić information content (AvgIpc) is 4.07. The Bertz CT molecular complexity index is 2270. The van der Waals surface area contributed by atoms with E-state index >= 15 is 0 Å². The summed E-state index contributed by atoms with van der Waals surface area (Å²) < 4.78 is 9.49. The number of aromatic nitrogens is 4. The van der Waals surface area contributed by atoms with Gasteiger partial charge >= 0.3 is 12.2 Å². The topological polar surface area (TPSA) is 175 Å². The fourth-order valence-electron chi connectivity index (χ4n) is 7.45. The zero-order valence-electron chi connectivity index (χ0n) is 34.5. The summed E-state index contributed by atoms with van der Waals surface area (Å²) in [5.74, 6) is 12.8. The summed E-state index contributed by atoms with van der Waals surface area (Å²) in [6, 6.07) is 14.2. The van der Waals surface area contributed by atoms with Crippen molar-refractivity contribution < 1.29 is 28.7 Å². The second kappa shape index (κ2) is 21.3. The maximum Gasteiger partial charge on any atom is 0.407 e. The number of benzene rings is 2. The summed E-state index contributed by atoms with van der Waals surface area (Å²) in [5.41, 5.74) is 5.16. The van der Waals surface area contributed by atoms with E-state index in [0.717, 1.165) is 53.6 Å². The van der Waals surface area contributed by atoms with E-state index in [4.69, 9.17) is 14.5 Å². The zero-order valence-corrected chi connectivity index (χ0v) is 36.2. The largest absolute Gasteiger partial charge is 0.453 e. The highest BCUT2D eigenvalue weighted by molar-refractivity contribution is 5.87. The van der Waals surface area contributed by atoms with Gasteiger partial charge in [0.2, 0.25) is 11.8 Å². The number of nitrogens with one attached hydrogen (secondary N) is 4. The summed E-state index contributed by atoms with van der Waals surface area (Å²) in [6.07, 6.45) is 5.33. The molecule has 0 saturated carbocycles. The number of hydrogen-bond acceptors (Lipinski definition) is 8. The molecule has 2 aromatic heterocycles. The van der Waals surface area contributed by atoms with E-state index in [1.807, 2.05) is 70.2 Å². The Morgan fingerprint density at radius 2 is 1.20 bits per heavy atom. The van der Waals surface area contributed by atoms with Crippen LogP contribution in [-0.2, 0) is 19.1 Å². The van der Waals surface area contributed by atoms with Crippen LogP contribution >= 0.6 is 24.8 Å². The van der Waals surface area contributed by atoms with Gasteiger partial charge in [-0.05, 0) is 84.6 Å². The lowest BCUT2D eigenvalue weighted by molar-refractivity contribution is -0.136. The Labute approximate surface area is 363 Å². The zero-order chi connectivity index (χ0) is 41.3. The van der Waals surface area contributed by atoms with E-state index in [0.29, 0.717) is 30.4 Å². The maximum absolute atomic E-state index is 13.6. The van der Waals surface area contributed by atoms with Crippen LogP contribution in [0.15, 0.2) is 60.9 Å². The number of likely N-dealkylation sites (tertiary alicyclic amines) is 2. The van der Waals surface area contributed by atoms with Crippen molar-refractivity contribution in [2.45, 2.75) is 77.5 Å². The van der Waals surface area contributed by atoms with Crippen LogP contribution in [0.1, 0.15) is 88.4 Å². The summed E-state index contributed by atoms with van der Waals surface area (Å²) in [6.45, 7) is 8.70. The first-order valence-electron chi connectivity index (χ1n) is 19.6. The summed E-state index contributed by atoms with van der Waals surface area (Å²) in [7, 11) is 2.56. The van der Waals surface area contributed by atoms with Gasteiger partial charge in [-0.3, -0.25) is 9.59 Å². The lowest BCUT2D eigenvalue weighted by Crippen LogP contribution is -2.51. The molecule has 4 atom stereocenters. The van der Waals surface area contributed by atoms with E-state index in [1.165, 1.54) is 14.2 Å². The number of halogens is 2. The molecule has 0 spiro atoms. The number of amides is 4. The number of rotatable bonds is 10. The normalized spacial score (nSPS) is 16.6. The smallest absolute Gasteiger partial charge is 0.407 e. The number of H-pyrrole nitrogens is 2. The van der Waals surface area contributed by atoms with Crippen LogP contribution < -0.4 is 10.6 Å². The van der Waals surface area contributed by atoms with Crippen molar-refractivity contribution in [1.82, 2.24) is 40.4 Å². The van der Waals surface area contributed by atoms with Crippen LogP contribution in [0, 0.1) is 35.5 Å². The molecule has 0 unspecified atom stereocenters. The first-order chi connectivity index (χ1) is 28.0. The molecule has 4 N–H and O–H groups in total. The number of nitrogens with zero attached hydrogens (tertiary/aromatic N) is 4. The number of alkyl carbamates (subject to hydrolysis) is 2. The minimum absolute atomic E-state index is 0. The average molecular weight is 860 g/mol. The number of imidazole rings is 2. The maximum atomic E-state index is 13.6. The van der Waals surface area contributed by atoms with Gasteiger partial charge in [0, 0.05) is 24.2 Å². The molecule has 2 aromatic carbocycles. The Balaban J connectivity index is 0.00000397. The Kier molecular flexibility index (Phi) is 16.6. The predicted octanol–water partition coefficient (Wildman–Crippen LogP) is 6.80. The molecule has 2 aliphatic heterocycles. The van der Waals surface area contributed by atoms with Gasteiger partial charge in [0.15, 0.2) is 0 Å². The van der Waals surface area contributed by atoms with Crippen molar-refractivity contribution in [1.29, 1.82) is 0 Å². The molecule has 4 amide bonds. The fraction of sp³-hybridized carbons (Fsp3) is 0.409. The van der Waals surface area contributed by atoms with Crippen LogP contribution in [-0.4, -0.2) is 93.1 Å². The molecule has 60 heavy (non-hydrogen) atoms. The molecule has 2 saturated heterocycles. The Morgan fingerprint density at radius 1 is 0.700 bits per heavy atom. The third kappa shape index (κ3) is 11.0. The Morgan fingerprint density at radius 3 is 1.77 bits per heavy atom. The number of ether oxygens (including phenoxy) is 2. The minimum atomic E-state index is -0.707. The molecular formula is C44H52Cl2N8O6. The molecule has 14 nitrogen and oxygen atoms in total. The first kappa shape index (κ1) is 46.7. The summed E-state index contributed by atoms with van der Waals surface area (Å²) >= 11 is 0. The van der Waals surface area contributed by atoms with Gasteiger partial charge in [0.25, 0.3) is 0 Å². The lowest BCUT2D eigenvalue weighted by Gasteiger charge is -2.30. The van der Waals surface area contributed by atoms with Crippen LogP contribution in [0.5, 0.6) is 0 Å². The summed E-state index contributed by atoms with van der Waals surface area (Å²) in [4.78, 5) is 70.4. The first-order valence-corrected chi connectivity index (χ1v) is 19.6. The molecule has 0 radical (unpaired) electrons. The minimum Gasteiger partial charge on any atom is -0.453 e. The van der Waals surface area contributed by atoms with Gasteiger partial charge in [0.05, 0.1) is 44.4 Å². The van der Waals surface area contributed by atoms with Crippen molar-refractivity contribution in [3.8, 4) is 46.1 Å². The number of aromatic amines is 2. The lowest BCUT2D eigenvalue weighted by atomic mass is 10.0. The van der Waals surface area contributed by atoms with E-state index < -0.39 is 24.3 Å². The van der Waals surface area contributed by atoms with Gasteiger partial charge in [0.1, 0.15) is 29.4 Å². The van der Waals surface area contributed by atoms with E-state index in [1.54, 1.807) is 22.2 Å². The highest BCUT2D eigenvalue weighted by Gasteiger charge is 2.39. The molecule has 0 aliphatic carbocycles. The van der Waals surface area contributed by atoms with Crippen molar-refractivity contribution in [3.63, 3.8) is 0 Å². The quantitative estimate of drug-likeness (QED) is 0.126. The van der Waals surface area contributed by atoms with Crippen LogP contribution in [0.25, 0.3) is 22.4 Å². The van der Waals surface area contributed by atoms with E-state index in [2.05, 4.69) is 55.3 Å². The van der Waals surface area contributed by atoms with Crippen LogP contribution in [0.3, 0.4) is 0 Å². The molecule has 0 bridgehead atoms. The Hall–Kier alpha value is -5.96. The third-order valence-corrected chi connectivity index (χ3v) is 10.5. The monoisotopic (exact) mass is 858 g/mol. The van der Waals surface area contributed by atoms with Gasteiger partial charge < -0.3 is 39.9 Å². The number of carbonyl (C=O) groups is 4. The van der Waals surface area contributed by atoms with Crippen molar-refractivity contribution in [3.05, 3.63) is 83.8 Å². The highest BCUT2D eigenvalue weighted by Crippen LogP contribution is 2.34. The molecular weight excluding hydrogens is 807 g/mol. The SMILES string of the molecule is COC(=O)N[C@H](C(=O)N1CCC[C@H]1c1ncc(C#CC#Cc2cccc(-c3cccc(-c4cnc([C@@H]5CCCN5C(=O)[C@@H](NC(=O)OC)C(C)C)[nH]4)c3)c2)[nH]1)C(C)C.Cl.Cl. The molecule has 6 rings (SSSR count). The van der Waals surface area contributed by atoms with Crippen molar-refractivity contribution in [2.24, 2.45) is 11.8 Å². The molecule has 16 heteroatoms. The molecule has 2 fully saturated rings. The molecule has 4 heterocycles. The molecule has 4 aromatic rings. The molecule has 318 valence electrons. The second-order valence-corrected chi connectivity index (χ2v) is 15.1. The van der Waals surface area contributed by atoms with Crippen LogP contribution in [0.4, 0.5) is 9.59 Å². The predicted molar refractivity (Wildman–Crippen MR) is 232 cm³/mol. The van der Waals surface area contributed by atoms with Crippen molar-refractivity contribution >= 4 is 48.8 Å². The number of hydrogen-bond donors (Lipinski definition) is 4. The van der Waals surface area contributed by atoms with Gasteiger partial charge in [-0.1, -0.05) is 63.9 Å². The number of methoxy groups -OCH3 is 2. The van der Waals surface area contributed by atoms with Crippen LogP contribution in [0.2, 0.25) is 0 Å². The van der Waals surface area contributed by atoms with Gasteiger partial charge in [-0.2, -0.15) is 0 Å². The second-order valence-electron chi connectivity index (χ2n) is 15.1. The molecule has 2 aliphatic rings. The summed E-state index contributed by atoms with van der Waals surface area (Å²) in [5, 5.41) is 5.36. The van der Waals surface area contributed by atoms with Crippen molar-refractivity contribution in [2.75, 3.05) is 27.3 Å². The third-order valence-electron chi connectivity index (χ3n) is 10.5. The van der Waals surface area contributed by atoms with E-state index in [9.17, 15) is 19.2 Å². The fourth-order valence-corrected chi connectivity index (χ4v) is 7.45. The van der Waals surface area contributed by atoms with Gasteiger partial charge in [-0.25, -0.2) is 19.6 Å². The van der Waals surface area contributed by atoms with E-state index in [-0.39, 0.29) is 60.5 Å². The standard InChI is InChI=1S/C44H50N8O6.2ClH/c1-27(2)37(49-43(55)57-5)41(53)51-21-11-19-35(51)39-45-25-33(47-39)18-8-7-13-29-14-9-15-30(23-29)31-16-10-17-32(24-31)34-26-46-40(48-34)36-20-12-22-52(36)42(54)38(28(3)4)50-44(56)58-6;;/h9-10,14-17,23-28,35-38H,11-12,19-22H2,1-6H3,(H,45,47)(H,46,48)(H,49,55)(H,50,56);2*1H/t35-,36-,37-,38-;;/m0../s1. The number of carbonyl (C=O) groups excluding carboxylic acids is 4. The highest BCUT2D eigenvalue weighted by atomic mass is 35.5.